The van der Waals surface area contributed by atoms with Gasteiger partial charge in [-0.05, 0) is 42.8 Å². The van der Waals surface area contributed by atoms with Gasteiger partial charge in [0.2, 0.25) is 6.29 Å². The molecule has 0 saturated carbocycles. The van der Waals surface area contributed by atoms with Crippen molar-refractivity contribution in [1.82, 2.24) is 4.57 Å². The predicted octanol–water partition coefficient (Wildman–Crippen LogP) is 3.93. The minimum absolute atomic E-state index is 0.0111. The second-order valence-electron chi connectivity index (χ2n) is 5.45. The SMILES string of the molecule is Cc1c(C[C]=O)c2c(F)c(O)ccc2n1C(=O)c1ccc(Cl)c(F)c1. The lowest BCUT2D eigenvalue weighted by Gasteiger charge is -2.08. The Labute approximate surface area is 146 Å². The standard InChI is InChI=1S/C18H11ClF2NO3/c1-9-11(6-7-23)16-14(4-5-15(24)17(16)21)22(9)18(25)10-2-3-12(19)13(20)8-10/h2-5,8,24H,6H2,1H3. The highest BCUT2D eigenvalue weighted by atomic mass is 35.5. The summed E-state index contributed by atoms with van der Waals surface area (Å²) in [7, 11) is 0. The lowest BCUT2D eigenvalue weighted by atomic mass is 10.1. The highest BCUT2D eigenvalue weighted by Gasteiger charge is 2.24. The summed E-state index contributed by atoms with van der Waals surface area (Å²) in [5.74, 6) is -2.89. The third-order valence-electron chi connectivity index (χ3n) is 4.03. The summed E-state index contributed by atoms with van der Waals surface area (Å²) in [6.45, 7) is 1.54. The number of hydrogen-bond acceptors (Lipinski definition) is 3. The molecule has 127 valence electrons. The van der Waals surface area contributed by atoms with Gasteiger partial charge in [0.1, 0.15) is 5.82 Å². The summed E-state index contributed by atoms with van der Waals surface area (Å²) in [4.78, 5) is 23.7. The first-order valence-electron chi connectivity index (χ1n) is 7.23. The second kappa shape index (κ2) is 6.29. The second-order valence-corrected chi connectivity index (χ2v) is 5.85. The molecular weight excluding hydrogens is 352 g/mol. The van der Waals surface area contributed by atoms with Gasteiger partial charge in [-0.15, -0.1) is 0 Å². The Balaban J connectivity index is 2.30. The molecule has 1 aromatic heterocycles. The molecule has 0 aliphatic rings. The van der Waals surface area contributed by atoms with Gasteiger partial charge in [-0.2, -0.15) is 0 Å². The Morgan fingerprint density at radius 2 is 2.00 bits per heavy atom. The normalized spacial score (nSPS) is 11.0. The van der Waals surface area contributed by atoms with E-state index in [0.29, 0.717) is 5.69 Å². The van der Waals surface area contributed by atoms with Crippen molar-refractivity contribution in [3.8, 4) is 5.75 Å². The van der Waals surface area contributed by atoms with Crippen LogP contribution in [0.25, 0.3) is 10.9 Å². The summed E-state index contributed by atoms with van der Waals surface area (Å²) in [5, 5.41) is 9.44. The van der Waals surface area contributed by atoms with Gasteiger partial charge < -0.3 is 5.11 Å². The summed E-state index contributed by atoms with van der Waals surface area (Å²) < 4.78 is 29.2. The van der Waals surface area contributed by atoms with Gasteiger partial charge in [0.05, 0.1) is 10.5 Å². The zero-order valence-electron chi connectivity index (χ0n) is 12.9. The van der Waals surface area contributed by atoms with Crippen molar-refractivity contribution < 1.29 is 23.5 Å². The van der Waals surface area contributed by atoms with Crippen LogP contribution in [0.2, 0.25) is 5.02 Å². The number of phenolic OH excluding ortho intramolecular Hbond substituents is 1. The van der Waals surface area contributed by atoms with Gasteiger partial charge in [0, 0.05) is 23.1 Å². The fraction of sp³-hybridized carbons (Fsp3) is 0.111. The van der Waals surface area contributed by atoms with Gasteiger partial charge in [-0.25, -0.2) is 8.78 Å². The quantitative estimate of drug-likeness (QED) is 0.768. The lowest BCUT2D eigenvalue weighted by molar-refractivity contribution is 0.0962. The maximum atomic E-state index is 14.4. The first-order chi connectivity index (χ1) is 11.9. The Kier molecular flexibility index (Phi) is 4.30. The van der Waals surface area contributed by atoms with Crippen LogP contribution in [0, 0.1) is 18.6 Å². The van der Waals surface area contributed by atoms with Crippen LogP contribution in [0.5, 0.6) is 5.75 Å². The fourth-order valence-electron chi connectivity index (χ4n) is 2.83. The van der Waals surface area contributed by atoms with E-state index in [1.807, 2.05) is 0 Å². The molecule has 0 bridgehead atoms. The van der Waals surface area contributed by atoms with Crippen molar-refractivity contribution in [2.75, 3.05) is 0 Å². The molecule has 4 nitrogen and oxygen atoms in total. The summed E-state index contributed by atoms with van der Waals surface area (Å²) in [5.41, 5.74) is 0.722. The maximum absolute atomic E-state index is 14.4. The summed E-state index contributed by atoms with van der Waals surface area (Å²) in [6.07, 6.45) is 1.42. The monoisotopic (exact) mass is 362 g/mol. The number of hydrogen-bond donors (Lipinski definition) is 1. The van der Waals surface area contributed by atoms with Crippen LogP contribution in [0.3, 0.4) is 0 Å². The molecule has 3 rings (SSSR count). The number of phenols is 1. The van der Waals surface area contributed by atoms with E-state index in [2.05, 4.69) is 0 Å². The van der Waals surface area contributed by atoms with Crippen LogP contribution in [0.15, 0.2) is 30.3 Å². The fourth-order valence-corrected chi connectivity index (χ4v) is 2.95. The van der Waals surface area contributed by atoms with Gasteiger partial charge in [-0.1, -0.05) is 11.6 Å². The molecule has 0 saturated heterocycles. The molecule has 0 fully saturated rings. The van der Waals surface area contributed by atoms with E-state index in [9.17, 15) is 23.5 Å². The molecule has 0 aliphatic carbocycles. The predicted molar refractivity (Wildman–Crippen MR) is 88.8 cm³/mol. The number of aromatic nitrogens is 1. The molecule has 2 aromatic carbocycles. The average molecular weight is 363 g/mol. The number of fused-ring (bicyclic) bond motifs is 1. The largest absolute Gasteiger partial charge is 0.505 e. The highest BCUT2D eigenvalue weighted by Crippen LogP contribution is 2.33. The topological polar surface area (TPSA) is 59.3 Å². The van der Waals surface area contributed by atoms with E-state index in [1.54, 1.807) is 6.29 Å². The highest BCUT2D eigenvalue weighted by molar-refractivity contribution is 6.30. The third-order valence-corrected chi connectivity index (χ3v) is 4.34. The van der Waals surface area contributed by atoms with Crippen molar-refractivity contribution in [3.05, 3.63) is 63.8 Å². The van der Waals surface area contributed by atoms with Crippen LogP contribution in [-0.2, 0) is 11.2 Å². The zero-order valence-corrected chi connectivity index (χ0v) is 13.7. The Morgan fingerprint density at radius 1 is 1.28 bits per heavy atom. The van der Waals surface area contributed by atoms with Crippen molar-refractivity contribution in [2.24, 2.45) is 0 Å². The van der Waals surface area contributed by atoms with Gasteiger partial charge in [-0.3, -0.25) is 14.2 Å². The smallest absolute Gasteiger partial charge is 0.262 e. The van der Waals surface area contributed by atoms with Gasteiger partial charge in [0.15, 0.2) is 11.6 Å². The molecular formula is C18H11ClF2NO3. The number of rotatable bonds is 3. The molecule has 0 aliphatic heterocycles. The first-order valence-corrected chi connectivity index (χ1v) is 7.60. The third kappa shape index (κ3) is 2.68. The number of halogens is 3. The average Bonchev–Trinajstić information content (AvgIpc) is 2.86. The van der Waals surface area contributed by atoms with Crippen molar-refractivity contribution in [3.63, 3.8) is 0 Å². The van der Waals surface area contributed by atoms with Gasteiger partial charge >= 0.3 is 0 Å². The Morgan fingerprint density at radius 3 is 2.64 bits per heavy atom. The van der Waals surface area contributed by atoms with Crippen LogP contribution in [0.1, 0.15) is 21.6 Å². The summed E-state index contributed by atoms with van der Waals surface area (Å²) in [6, 6.07) is 6.05. The molecule has 3 aromatic rings. The van der Waals surface area contributed by atoms with Crippen LogP contribution in [0.4, 0.5) is 8.78 Å². The van der Waals surface area contributed by atoms with E-state index in [0.717, 1.165) is 12.1 Å². The number of nitrogens with zero attached hydrogens (tertiary/aromatic N) is 1. The van der Waals surface area contributed by atoms with Crippen molar-refractivity contribution in [2.45, 2.75) is 13.3 Å². The van der Waals surface area contributed by atoms with Crippen molar-refractivity contribution in [1.29, 1.82) is 0 Å². The molecule has 1 radical (unpaired) electrons. The van der Waals surface area contributed by atoms with E-state index >= 15 is 0 Å². The summed E-state index contributed by atoms with van der Waals surface area (Å²) >= 11 is 5.63. The number of aromatic hydroxyl groups is 1. The maximum Gasteiger partial charge on any atom is 0.262 e. The van der Waals surface area contributed by atoms with Crippen LogP contribution >= 0.6 is 11.6 Å². The molecule has 1 N–H and O–H groups in total. The number of carbonyl (C=O) groups excluding carboxylic acids is 2. The molecule has 0 spiro atoms. The molecule has 0 atom stereocenters. The van der Waals surface area contributed by atoms with Gasteiger partial charge in [0.25, 0.3) is 5.91 Å². The van der Waals surface area contributed by atoms with E-state index in [1.165, 1.54) is 29.7 Å². The van der Waals surface area contributed by atoms with E-state index < -0.39 is 23.3 Å². The van der Waals surface area contributed by atoms with Crippen LogP contribution < -0.4 is 0 Å². The molecule has 1 heterocycles. The zero-order chi connectivity index (χ0) is 18.3. The van der Waals surface area contributed by atoms with Crippen molar-refractivity contribution >= 4 is 34.7 Å². The minimum atomic E-state index is -0.931. The molecule has 25 heavy (non-hydrogen) atoms. The Hall–Kier alpha value is -2.73. The molecule has 7 heteroatoms. The van der Waals surface area contributed by atoms with Crippen LogP contribution in [-0.4, -0.2) is 21.9 Å². The van der Waals surface area contributed by atoms with E-state index in [4.69, 9.17) is 11.6 Å². The molecule has 0 unspecified atom stereocenters. The minimum Gasteiger partial charge on any atom is -0.505 e. The number of benzene rings is 2. The lowest BCUT2D eigenvalue weighted by Crippen LogP contribution is -2.14. The molecule has 0 amide bonds. The number of carbonyl (C=O) groups is 1. The first kappa shape index (κ1) is 17.1. The van der Waals surface area contributed by atoms with E-state index in [-0.39, 0.29) is 33.5 Å². The Bertz CT molecular complexity index is 1030.